The van der Waals surface area contributed by atoms with Crippen LogP contribution >= 0.6 is 0 Å². The molecule has 8 nitrogen and oxygen atoms in total. The number of halogens is 3. The Labute approximate surface area is 171 Å². The van der Waals surface area contributed by atoms with Crippen LogP contribution in [0.3, 0.4) is 0 Å². The molecule has 0 saturated carbocycles. The number of nitro benzene ring substituents is 1. The van der Waals surface area contributed by atoms with Gasteiger partial charge in [-0.1, -0.05) is 13.8 Å². The van der Waals surface area contributed by atoms with Gasteiger partial charge in [-0.2, -0.15) is 18.3 Å². The lowest BCUT2D eigenvalue weighted by Gasteiger charge is -2.11. The smallest absolute Gasteiger partial charge is 0.292 e. The highest BCUT2D eigenvalue weighted by Crippen LogP contribution is 2.34. The molecule has 0 aliphatic heterocycles. The number of amides is 1. The Balaban J connectivity index is 2.02. The van der Waals surface area contributed by atoms with Crippen LogP contribution in [-0.4, -0.2) is 20.6 Å². The van der Waals surface area contributed by atoms with Crippen LogP contribution in [-0.2, 0) is 23.9 Å². The van der Waals surface area contributed by atoms with Gasteiger partial charge in [0.15, 0.2) is 0 Å². The van der Waals surface area contributed by atoms with Gasteiger partial charge in [0.25, 0.3) is 5.69 Å². The van der Waals surface area contributed by atoms with Crippen LogP contribution in [0.5, 0.6) is 0 Å². The van der Waals surface area contributed by atoms with Gasteiger partial charge in [-0.25, -0.2) is 0 Å². The lowest BCUT2D eigenvalue weighted by atomic mass is 10.1. The third kappa shape index (κ3) is 5.71. The summed E-state index contributed by atoms with van der Waals surface area (Å²) in [5.74, 6) is -0.0394. The number of hydrogen-bond acceptors (Lipinski definition) is 5. The summed E-state index contributed by atoms with van der Waals surface area (Å²) in [6.07, 6.45) is -4.21. The van der Waals surface area contributed by atoms with E-state index < -0.39 is 28.3 Å². The molecule has 2 N–H and O–H groups in total. The van der Waals surface area contributed by atoms with Gasteiger partial charge in [0.05, 0.1) is 16.2 Å². The number of carbonyl (C=O) groups excluding carboxylic acids is 1. The number of aryl methyl sites for hydroxylation is 1. The highest BCUT2D eigenvalue weighted by molar-refractivity contribution is 5.78. The molecule has 1 aromatic heterocycles. The van der Waals surface area contributed by atoms with Gasteiger partial charge in [0, 0.05) is 24.7 Å². The molecule has 0 saturated heterocycles. The highest BCUT2D eigenvalue weighted by Gasteiger charge is 2.33. The van der Waals surface area contributed by atoms with Crippen molar-refractivity contribution in [3.05, 3.63) is 50.8 Å². The van der Waals surface area contributed by atoms with Gasteiger partial charge < -0.3 is 0 Å². The summed E-state index contributed by atoms with van der Waals surface area (Å²) in [5.41, 5.74) is 5.22. The number of hydrogen-bond donors (Lipinski definition) is 2. The second-order valence-corrected chi connectivity index (χ2v) is 7.39. The van der Waals surface area contributed by atoms with Gasteiger partial charge in [-0.3, -0.25) is 30.4 Å². The van der Waals surface area contributed by atoms with Crippen molar-refractivity contribution in [2.75, 3.05) is 5.43 Å². The fraction of sp³-hybridized carbons (Fsp3) is 0.474. The number of rotatable bonds is 8. The first-order valence-electron chi connectivity index (χ1n) is 9.33. The number of carbonyl (C=O) groups is 1. The summed E-state index contributed by atoms with van der Waals surface area (Å²) in [7, 11) is 0. The minimum absolute atomic E-state index is 0.0798. The molecule has 0 unspecified atom stereocenters. The maximum absolute atomic E-state index is 12.8. The fourth-order valence-electron chi connectivity index (χ4n) is 3.02. The average Bonchev–Trinajstić information content (AvgIpc) is 2.89. The van der Waals surface area contributed by atoms with Crippen molar-refractivity contribution < 1.29 is 22.9 Å². The van der Waals surface area contributed by atoms with Crippen LogP contribution in [0.2, 0.25) is 0 Å². The molecule has 0 spiro atoms. The number of nitrogens with zero attached hydrogens (tertiary/aromatic N) is 3. The summed E-state index contributed by atoms with van der Waals surface area (Å²) < 4.78 is 40.2. The van der Waals surface area contributed by atoms with Crippen molar-refractivity contribution in [3.63, 3.8) is 0 Å². The van der Waals surface area contributed by atoms with E-state index in [0.717, 1.165) is 29.6 Å². The normalized spacial score (nSPS) is 11.6. The zero-order chi connectivity index (χ0) is 22.6. The first-order chi connectivity index (χ1) is 13.9. The fourth-order valence-corrected chi connectivity index (χ4v) is 3.02. The Kier molecular flexibility index (Phi) is 7.06. The van der Waals surface area contributed by atoms with E-state index in [9.17, 15) is 28.1 Å². The molecule has 1 aromatic carbocycles. The van der Waals surface area contributed by atoms with E-state index in [2.05, 4.69) is 29.8 Å². The molecule has 0 fully saturated rings. The Hall–Kier alpha value is -3.11. The SMILES string of the molecule is Cc1nn(CC(C)C)c(C)c1CCC(=O)NNc1ccc(C(F)(F)F)cc1[N+](=O)[O-]. The molecule has 30 heavy (non-hydrogen) atoms. The van der Waals surface area contributed by atoms with Crippen molar-refractivity contribution in [2.45, 2.75) is 53.3 Å². The number of benzene rings is 1. The molecule has 2 rings (SSSR count). The van der Waals surface area contributed by atoms with Gasteiger partial charge >= 0.3 is 6.18 Å². The van der Waals surface area contributed by atoms with Crippen LogP contribution in [0.4, 0.5) is 24.5 Å². The number of nitro groups is 1. The molecule has 2 aromatic rings. The Bertz CT molecular complexity index is 938. The number of anilines is 1. The molecule has 164 valence electrons. The molecule has 11 heteroatoms. The lowest BCUT2D eigenvalue weighted by Crippen LogP contribution is -2.30. The third-order valence-electron chi connectivity index (χ3n) is 4.53. The molecular weight excluding hydrogens is 403 g/mol. The van der Waals surface area contributed by atoms with Crippen LogP contribution in [0.15, 0.2) is 18.2 Å². The van der Waals surface area contributed by atoms with Crippen LogP contribution < -0.4 is 10.9 Å². The number of hydrazine groups is 1. The highest BCUT2D eigenvalue weighted by atomic mass is 19.4. The van der Waals surface area contributed by atoms with Crippen molar-refractivity contribution >= 4 is 17.3 Å². The molecular formula is C19H24F3N5O3. The van der Waals surface area contributed by atoms with E-state index in [0.29, 0.717) is 24.5 Å². The monoisotopic (exact) mass is 427 g/mol. The first-order valence-corrected chi connectivity index (χ1v) is 9.33. The molecule has 1 heterocycles. The van der Waals surface area contributed by atoms with Gasteiger partial charge in [-0.15, -0.1) is 0 Å². The number of nitrogens with one attached hydrogen (secondary N) is 2. The van der Waals surface area contributed by atoms with Crippen molar-refractivity contribution in [3.8, 4) is 0 Å². The van der Waals surface area contributed by atoms with Crippen molar-refractivity contribution in [1.29, 1.82) is 0 Å². The van der Waals surface area contributed by atoms with E-state index in [4.69, 9.17) is 0 Å². The standard InChI is InChI=1S/C19H24F3N5O3/c1-11(2)10-26-13(4)15(12(3)25-26)6-8-18(28)24-23-16-7-5-14(19(20,21)22)9-17(16)27(29)30/h5,7,9,11,23H,6,8,10H2,1-4H3,(H,24,28). The molecule has 1 amide bonds. The summed E-state index contributed by atoms with van der Waals surface area (Å²) >= 11 is 0. The maximum atomic E-state index is 12.8. The predicted molar refractivity (Wildman–Crippen MR) is 105 cm³/mol. The topological polar surface area (TPSA) is 102 Å². The van der Waals surface area contributed by atoms with Gasteiger partial charge in [-0.05, 0) is 43.9 Å². The van der Waals surface area contributed by atoms with Crippen LogP contribution in [0, 0.1) is 29.9 Å². The molecule has 0 atom stereocenters. The summed E-state index contributed by atoms with van der Waals surface area (Å²) in [6, 6.07) is 2.03. The van der Waals surface area contributed by atoms with E-state index in [-0.39, 0.29) is 12.1 Å². The molecule has 0 radical (unpaired) electrons. The van der Waals surface area contributed by atoms with Crippen molar-refractivity contribution in [2.24, 2.45) is 5.92 Å². The van der Waals surface area contributed by atoms with Gasteiger partial charge in [0.2, 0.25) is 5.91 Å². The maximum Gasteiger partial charge on any atom is 0.416 e. The Morgan fingerprint density at radius 1 is 1.30 bits per heavy atom. The molecule has 0 aliphatic rings. The summed E-state index contributed by atoms with van der Waals surface area (Å²) in [5, 5.41) is 15.6. The largest absolute Gasteiger partial charge is 0.416 e. The Morgan fingerprint density at radius 2 is 1.97 bits per heavy atom. The predicted octanol–water partition coefficient (Wildman–Crippen LogP) is 4.16. The summed E-state index contributed by atoms with van der Waals surface area (Å²) in [4.78, 5) is 22.3. The first kappa shape index (κ1) is 23.2. The quantitative estimate of drug-likeness (QED) is 0.487. The number of aromatic nitrogens is 2. The molecule has 0 aliphatic carbocycles. The van der Waals surface area contributed by atoms with E-state index in [1.807, 2.05) is 18.5 Å². The lowest BCUT2D eigenvalue weighted by molar-refractivity contribution is -0.384. The second kappa shape index (κ2) is 9.14. The average molecular weight is 427 g/mol. The van der Waals surface area contributed by atoms with E-state index in [1.54, 1.807) is 0 Å². The zero-order valence-electron chi connectivity index (χ0n) is 17.1. The minimum Gasteiger partial charge on any atom is -0.292 e. The second-order valence-electron chi connectivity index (χ2n) is 7.39. The molecule has 0 bridgehead atoms. The van der Waals surface area contributed by atoms with E-state index >= 15 is 0 Å². The zero-order valence-corrected chi connectivity index (χ0v) is 17.1. The minimum atomic E-state index is -4.71. The van der Waals surface area contributed by atoms with Crippen LogP contribution in [0.25, 0.3) is 0 Å². The summed E-state index contributed by atoms with van der Waals surface area (Å²) in [6.45, 7) is 8.71. The van der Waals surface area contributed by atoms with E-state index in [1.165, 1.54) is 0 Å². The van der Waals surface area contributed by atoms with Crippen LogP contribution in [0.1, 0.15) is 42.8 Å². The van der Waals surface area contributed by atoms with Crippen molar-refractivity contribution in [1.82, 2.24) is 15.2 Å². The number of alkyl halides is 3. The third-order valence-corrected chi connectivity index (χ3v) is 4.53. The Morgan fingerprint density at radius 3 is 2.53 bits per heavy atom. The van der Waals surface area contributed by atoms with Gasteiger partial charge in [0.1, 0.15) is 5.69 Å².